The van der Waals surface area contributed by atoms with Crippen LogP contribution in [0.1, 0.15) is 5.69 Å². The number of aromatic nitrogens is 2. The highest BCUT2D eigenvalue weighted by atomic mass is 35.5. The molecule has 0 aliphatic rings. The van der Waals surface area contributed by atoms with Gasteiger partial charge in [0.15, 0.2) is 0 Å². The average Bonchev–Trinajstić information content (AvgIpc) is 2.49. The van der Waals surface area contributed by atoms with Crippen LogP contribution in [0.4, 0.5) is 27.5 Å². The second-order valence-electron chi connectivity index (χ2n) is 4.99. The molecular weight excluding hydrogens is 315 g/mol. The van der Waals surface area contributed by atoms with Gasteiger partial charge in [0.2, 0.25) is 5.95 Å². The van der Waals surface area contributed by atoms with Crippen LogP contribution < -0.4 is 10.6 Å². The molecule has 0 unspecified atom stereocenters. The van der Waals surface area contributed by atoms with Crippen LogP contribution in [0.3, 0.4) is 0 Å². The Morgan fingerprint density at radius 2 is 1.70 bits per heavy atom. The minimum absolute atomic E-state index is 0.280. The van der Waals surface area contributed by atoms with Gasteiger partial charge in [0, 0.05) is 28.2 Å². The Morgan fingerprint density at radius 1 is 0.913 bits per heavy atom. The average molecular weight is 329 g/mol. The maximum absolute atomic E-state index is 13.0. The summed E-state index contributed by atoms with van der Waals surface area (Å²) in [5.41, 5.74) is 2.35. The van der Waals surface area contributed by atoms with Gasteiger partial charge >= 0.3 is 0 Å². The van der Waals surface area contributed by atoms with Gasteiger partial charge in [-0.05, 0) is 49.4 Å². The fourth-order valence-corrected chi connectivity index (χ4v) is 2.26. The van der Waals surface area contributed by atoms with E-state index in [-0.39, 0.29) is 5.82 Å². The maximum atomic E-state index is 13.0. The van der Waals surface area contributed by atoms with E-state index in [2.05, 4.69) is 20.6 Å². The molecule has 116 valence electrons. The summed E-state index contributed by atoms with van der Waals surface area (Å²) < 4.78 is 13.0. The molecule has 1 aromatic heterocycles. The molecule has 0 aliphatic carbocycles. The SMILES string of the molecule is Cc1cc(Nc2ccc(F)cc2)nc(Nc2cccc(Cl)c2)n1. The van der Waals surface area contributed by atoms with Gasteiger partial charge in [0.1, 0.15) is 11.6 Å². The van der Waals surface area contributed by atoms with Gasteiger partial charge in [-0.15, -0.1) is 0 Å². The number of hydrogen-bond donors (Lipinski definition) is 2. The number of nitrogens with one attached hydrogen (secondary N) is 2. The zero-order valence-corrected chi connectivity index (χ0v) is 13.1. The van der Waals surface area contributed by atoms with Crippen LogP contribution in [-0.4, -0.2) is 9.97 Å². The zero-order chi connectivity index (χ0) is 16.2. The Bertz CT molecular complexity index is 821. The zero-order valence-electron chi connectivity index (χ0n) is 12.3. The molecule has 3 rings (SSSR count). The molecule has 0 fully saturated rings. The Kier molecular flexibility index (Phi) is 4.39. The molecule has 1 heterocycles. The van der Waals surface area contributed by atoms with Crippen LogP contribution in [0, 0.1) is 12.7 Å². The van der Waals surface area contributed by atoms with Gasteiger partial charge in [-0.25, -0.2) is 9.37 Å². The Balaban J connectivity index is 1.82. The van der Waals surface area contributed by atoms with Gasteiger partial charge < -0.3 is 10.6 Å². The van der Waals surface area contributed by atoms with Crippen molar-refractivity contribution in [3.63, 3.8) is 0 Å². The van der Waals surface area contributed by atoms with Gasteiger partial charge in [-0.3, -0.25) is 0 Å². The van der Waals surface area contributed by atoms with Crippen molar-refractivity contribution in [2.45, 2.75) is 6.92 Å². The van der Waals surface area contributed by atoms with Crippen LogP contribution in [0.5, 0.6) is 0 Å². The van der Waals surface area contributed by atoms with Crippen molar-refractivity contribution in [1.29, 1.82) is 0 Å². The minimum atomic E-state index is -0.280. The third-order valence-corrected chi connectivity index (χ3v) is 3.29. The van der Waals surface area contributed by atoms with E-state index in [0.29, 0.717) is 16.8 Å². The predicted octanol–water partition coefficient (Wildman–Crippen LogP) is 5.06. The van der Waals surface area contributed by atoms with Crippen molar-refractivity contribution >= 4 is 34.7 Å². The monoisotopic (exact) mass is 328 g/mol. The van der Waals surface area contributed by atoms with Gasteiger partial charge in [0.25, 0.3) is 0 Å². The summed E-state index contributed by atoms with van der Waals surface area (Å²) in [5, 5.41) is 6.87. The van der Waals surface area contributed by atoms with Crippen LogP contribution in [0.25, 0.3) is 0 Å². The Hall–Kier alpha value is -2.66. The van der Waals surface area contributed by atoms with E-state index in [9.17, 15) is 4.39 Å². The van der Waals surface area contributed by atoms with E-state index in [1.54, 1.807) is 24.3 Å². The molecule has 0 saturated carbocycles. The molecule has 4 nitrogen and oxygen atoms in total. The lowest BCUT2D eigenvalue weighted by atomic mass is 10.3. The van der Waals surface area contributed by atoms with E-state index in [4.69, 9.17) is 11.6 Å². The first-order chi connectivity index (χ1) is 11.1. The van der Waals surface area contributed by atoms with Crippen LogP contribution >= 0.6 is 11.6 Å². The van der Waals surface area contributed by atoms with Gasteiger partial charge in [0.05, 0.1) is 0 Å². The minimum Gasteiger partial charge on any atom is -0.340 e. The summed E-state index contributed by atoms with van der Waals surface area (Å²) >= 11 is 5.97. The van der Waals surface area contributed by atoms with Crippen molar-refractivity contribution < 1.29 is 4.39 Å². The van der Waals surface area contributed by atoms with Crippen molar-refractivity contribution in [2.24, 2.45) is 0 Å². The highest BCUT2D eigenvalue weighted by Crippen LogP contribution is 2.21. The topological polar surface area (TPSA) is 49.8 Å². The van der Waals surface area contributed by atoms with E-state index < -0.39 is 0 Å². The van der Waals surface area contributed by atoms with Crippen molar-refractivity contribution in [1.82, 2.24) is 9.97 Å². The smallest absolute Gasteiger partial charge is 0.229 e. The highest BCUT2D eigenvalue weighted by Gasteiger charge is 2.04. The second-order valence-corrected chi connectivity index (χ2v) is 5.42. The second kappa shape index (κ2) is 6.62. The third kappa shape index (κ3) is 4.17. The van der Waals surface area contributed by atoms with Crippen LogP contribution in [-0.2, 0) is 0 Å². The predicted molar refractivity (Wildman–Crippen MR) is 91.2 cm³/mol. The van der Waals surface area contributed by atoms with Crippen LogP contribution in [0.15, 0.2) is 54.6 Å². The lowest BCUT2D eigenvalue weighted by molar-refractivity contribution is 0.628. The molecule has 0 amide bonds. The molecule has 2 N–H and O–H groups in total. The summed E-state index contributed by atoms with van der Waals surface area (Å²) in [5.74, 6) is 0.795. The van der Waals surface area contributed by atoms with Gasteiger partial charge in [-0.1, -0.05) is 17.7 Å². The summed E-state index contributed by atoms with van der Waals surface area (Å²) in [7, 11) is 0. The Labute approximate surface area is 138 Å². The first-order valence-electron chi connectivity index (χ1n) is 6.99. The molecule has 0 radical (unpaired) electrons. The fourth-order valence-electron chi connectivity index (χ4n) is 2.06. The summed E-state index contributed by atoms with van der Waals surface area (Å²) in [6.45, 7) is 1.88. The number of aryl methyl sites for hydroxylation is 1. The number of rotatable bonds is 4. The molecule has 0 bridgehead atoms. The molecule has 3 aromatic rings. The highest BCUT2D eigenvalue weighted by molar-refractivity contribution is 6.30. The van der Waals surface area contributed by atoms with E-state index in [1.807, 2.05) is 25.1 Å². The number of anilines is 4. The number of nitrogens with zero attached hydrogens (tertiary/aromatic N) is 2. The number of hydrogen-bond acceptors (Lipinski definition) is 4. The lowest BCUT2D eigenvalue weighted by Crippen LogP contribution is -2.02. The van der Waals surface area contributed by atoms with Crippen molar-refractivity contribution in [2.75, 3.05) is 10.6 Å². The standard InChI is InChI=1S/C17H14ClFN4/c1-11-9-16(21-14-7-5-13(19)6-8-14)23-17(20-11)22-15-4-2-3-12(18)10-15/h2-10H,1H3,(H2,20,21,22,23). The first kappa shape index (κ1) is 15.2. The summed E-state index contributed by atoms with van der Waals surface area (Å²) in [6.07, 6.45) is 0. The van der Waals surface area contributed by atoms with Crippen LogP contribution in [0.2, 0.25) is 5.02 Å². The largest absolute Gasteiger partial charge is 0.340 e. The molecule has 0 atom stereocenters. The molecule has 2 aromatic carbocycles. The molecule has 0 spiro atoms. The first-order valence-corrected chi connectivity index (χ1v) is 7.37. The quantitative estimate of drug-likeness (QED) is 0.702. The Morgan fingerprint density at radius 3 is 2.43 bits per heavy atom. The van der Waals surface area contributed by atoms with Crippen molar-refractivity contribution in [3.8, 4) is 0 Å². The molecular formula is C17H14ClFN4. The van der Waals surface area contributed by atoms with E-state index >= 15 is 0 Å². The molecule has 23 heavy (non-hydrogen) atoms. The summed E-state index contributed by atoms with van der Waals surface area (Å²) in [4.78, 5) is 8.76. The number of halogens is 2. The van der Waals surface area contributed by atoms with E-state index in [1.165, 1.54) is 12.1 Å². The maximum Gasteiger partial charge on any atom is 0.229 e. The van der Waals surface area contributed by atoms with E-state index in [0.717, 1.165) is 17.1 Å². The molecule has 6 heteroatoms. The van der Waals surface area contributed by atoms with Crippen molar-refractivity contribution in [3.05, 3.63) is 71.1 Å². The molecule has 0 saturated heterocycles. The summed E-state index contributed by atoms with van der Waals surface area (Å²) in [6, 6.07) is 15.2. The normalized spacial score (nSPS) is 10.4. The third-order valence-electron chi connectivity index (χ3n) is 3.05. The van der Waals surface area contributed by atoms with Gasteiger partial charge in [-0.2, -0.15) is 4.98 Å². The lowest BCUT2D eigenvalue weighted by Gasteiger charge is -2.10. The molecule has 0 aliphatic heterocycles. The fraction of sp³-hybridized carbons (Fsp3) is 0.0588. The number of benzene rings is 2.